The van der Waals surface area contributed by atoms with Gasteiger partial charge < -0.3 is 0 Å². The molecule has 0 aliphatic carbocycles. The molecule has 0 aromatic heterocycles. The molecular formula is C21H22ClF2NOS. The molecule has 2 nitrogen and oxygen atoms in total. The van der Waals surface area contributed by atoms with Gasteiger partial charge in [0.25, 0.3) is 0 Å². The van der Waals surface area contributed by atoms with E-state index in [1.54, 1.807) is 36.0 Å². The lowest BCUT2D eigenvalue weighted by Crippen LogP contribution is -2.29. The summed E-state index contributed by atoms with van der Waals surface area (Å²) in [6, 6.07) is 12.3. The number of halogens is 3. The highest BCUT2D eigenvalue weighted by molar-refractivity contribution is 8.03. The summed E-state index contributed by atoms with van der Waals surface area (Å²) in [7, 11) is 0. The Balaban J connectivity index is 0.00000261. The van der Waals surface area contributed by atoms with E-state index in [2.05, 4.69) is 11.0 Å². The molecule has 0 atom stereocenters. The lowest BCUT2D eigenvalue weighted by Gasteiger charge is -2.25. The fraction of sp³-hybridized carbons (Fsp3) is 0.286. The van der Waals surface area contributed by atoms with Crippen LogP contribution in [0, 0.1) is 11.6 Å². The van der Waals surface area contributed by atoms with E-state index >= 15 is 0 Å². The summed E-state index contributed by atoms with van der Waals surface area (Å²) in [5.74, 6) is -0.477. The average Bonchev–Trinajstić information content (AvgIpc) is 2.65. The Labute approximate surface area is 169 Å². The van der Waals surface area contributed by atoms with Crippen LogP contribution in [0.15, 0.2) is 64.4 Å². The summed E-state index contributed by atoms with van der Waals surface area (Å²) in [4.78, 5) is 16.8. The minimum absolute atomic E-state index is 0. The van der Waals surface area contributed by atoms with Gasteiger partial charge in [0.05, 0.1) is 0 Å². The van der Waals surface area contributed by atoms with Crippen LogP contribution in [-0.2, 0) is 0 Å². The van der Waals surface area contributed by atoms with E-state index in [0.717, 1.165) is 37.4 Å². The molecule has 0 radical (unpaired) electrons. The van der Waals surface area contributed by atoms with Gasteiger partial charge in [0.2, 0.25) is 0 Å². The minimum Gasteiger partial charge on any atom is -0.299 e. The van der Waals surface area contributed by atoms with Gasteiger partial charge in [-0.1, -0.05) is 17.8 Å². The predicted octanol–water partition coefficient (Wildman–Crippen LogP) is 5.73. The molecule has 0 saturated carbocycles. The zero-order valence-electron chi connectivity index (χ0n) is 14.9. The summed E-state index contributed by atoms with van der Waals surface area (Å²) < 4.78 is 25.8. The molecule has 0 saturated heterocycles. The monoisotopic (exact) mass is 409 g/mol. The Hall–Kier alpha value is -1.69. The number of thioether (sulfide) groups is 1. The maximum absolute atomic E-state index is 12.9. The Kier molecular flexibility index (Phi) is 8.48. The van der Waals surface area contributed by atoms with Gasteiger partial charge in [-0.05, 0) is 72.8 Å². The summed E-state index contributed by atoms with van der Waals surface area (Å²) in [6.07, 6.45) is 4.45. The number of hydrogen-bond donors (Lipinski definition) is 0. The first kappa shape index (κ1) is 21.6. The van der Waals surface area contributed by atoms with E-state index in [4.69, 9.17) is 0 Å². The van der Waals surface area contributed by atoms with Crippen molar-refractivity contribution in [2.75, 3.05) is 19.6 Å². The van der Waals surface area contributed by atoms with E-state index in [-0.39, 0.29) is 29.8 Å². The molecular weight excluding hydrogens is 388 g/mol. The van der Waals surface area contributed by atoms with Gasteiger partial charge in [-0.15, -0.1) is 12.4 Å². The fourth-order valence-corrected chi connectivity index (χ4v) is 3.81. The molecule has 144 valence electrons. The quantitative estimate of drug-likeness (QED) is 0.544. The highest BCUT2D eigenvalue weighted by Crippen LogP contribution is 2.30. The first-order valence-corrected chi connectivity index (χ1v) is 9.55. The number of Topliss-reactive ketones (excluding diaryl/α,β-unsaturated/α-hetero) is 1. The molecule has 0 bridgehead atoms. The maximum atomic E-state index is 12.9. The van der Waals surface area contributed by atoms with Crippen LogP contribution in [0.25, 0.3) is 0 Å². The van der Waals surface area contributed by atoms with Crippen LogP contribution in [0.3, 0.4) is 0 Å². The van der Waals surface area contributed by atoms with Crippen LogP contribution in [-0.4, -0.2) is 30.3 Å². The van der Waals surface area contributed by atoms with Crippen LogP contribution >= 0.6 is 24.2 Å². The van der Waals surface area contributed by atoms with Crippen molar-refractivity contribution >= 4 is 30.0 Å². The highest BCUT2D eigenvalue weighted by Gasteiger charge is 2.13. The zero-order chi connectivity index (χ0) is 18.4. The van der Waals surface area contributed by atoms with Gasteiger partial charge in [0, 0.05) is 30.0 Å². The Morgan fingerprint density at radius 3 is 2.22 bits per heavy atom. The van der Waals surface area contributed by atoms with Crippen molar-refractivity contribution < 1.29 is 13.6 Å². The molecule has 1 aliphatic heterocycles. The fourth-order valence-electron chi connectivity index (χ4n) is 2.89. The molecule has 3 rings (SSSR count). The van der Waals surface area contributed by atoms with E-state index < -0.39 is 0 Å². The second kappa shape index (κ2) is 10.6. The van der Waals surface area contributed by atoms with Gasteiger partial charge >= 0.3 is 0 Å². The number of carbonyl (C=O) groups excluding carboxylic acids is 1. The molecule has 0 fully saturated rings. The average molecular weight is 410 g/mol. The SMILES string of the molecule is Cl.O=C(CCCN1CC=C(Sc2ccc(F)cc2)CC1)c1ccc(F)cc1. The third-order valence-electron chi connectivity index (χ3n) is 4.36. The number of carbonyl (C=O) groups is 1. The van der Waals surface area contributed by atoms with Crippen molar-refractivity contribution in [2.45, 2.75) is 24.2 Å². The number of ketones is 1. The largest absolute Gasteiger partial charge is 0.299 e. The van der Waals surface area contributed by atoms with Gasteiger partial charge in [-0.2, -0.15) is 0 Å². The highest BCUT2D eigenvalue weighted by atomic mass is 35.5. The van der Waals surface area contributed by atoms with Crippen molar-refractivity contribution in [1.82, 2.24) is 4.90 Å². The number of hydrogen-bond acceptors (Lipinski definition) is 3. The molecule has 1 heterocycles. The number of benzene rings is 2. The van der Waals surface area contributed by atoms with E-state index in [1.165, 1.54) is 29.2 Å². The standard InChI is InChI=1S/C21H21F2NOS.ClH/c22-17-5-3-16(4-6-17)21(25)2-1-13-24-14-11-20(12-15-24)26-19-9-7-18(23)8-10-19;/h3-11H,1-2,12-15H2;1H. The Morgan fingerprint density at radius 1 is 1.00 bits per heavy atom. The second-order valence-corrected chi connectivity index (χ2v) is 7.51. The second-order valence-electron chi connectivity index (χ2n) is 6.31. The molecule has 1 aliphatic rings. The van der Waals surface area contributed by atoms with Crippen LogP contribution in [0.2, 0.25) is 0 Å². The van der Waals surface area contributed by atoms with Gasteiger partial charge in [0.1, 0.15) is 11.6 Å². The lowest BCUT2D eigenvalue weighted by molar-refractivity contribution is 0.0975. The first-order chi connectivity index (χ1) is 12.6. The van der Waals surface area contributed by atoms with Crippen LogP contribution in [0.5, 0.6) is 0 Å². The van der Waals surface area contributed by atoms with Gasteiger partial charge in [-0.25, -0.2) is 8.78 Å². The van der Waals surface area contributed by atoms with E-state index in [0.29, 0.717) is 12.0 Å². The maximum Gasteiger partial charge on any atom is 0.162 e. The predicted molar refractivity (Wildman–Crippen MR) is 109 cm³/mol. The molecule has 0 spiro atoms. The Bertz CT molecular complexity index is 778. The molecule has 6 heteroatoms. The summed E-state index contributed by atoms with van der Waals surface area (Å²) >= 11 is 1.69. The van der Waals surface area contributed by atoms with Crippen LogP contribution < -0.4 is 0 Å². The molecule has 2 aromatic rings. The molecule has 27 heavy (non-hydrogen) atoms. The van der Waals surface area contributed by atoms with Crippen molar-refractivity contribution in [3.63, 3.8) is 0 Å². The van der Waals surface area contributed by atoms with Gasteiger partial charge in [-0.3, -0.25) is 9.69 Å². The van der Waals surface area contributed by atoms with E-state index in [9.17, 15) is 13.6 Å². The molecule has 2 aromatic carbocycles. The summed E-state index contributed by atoms with van der Waals surface area (Å²) in [5.41, 5.74) is 0.572. The van der Waals surface area contributed by atoms with Crippen molar-refractivity contribution in [3.05, 3.63) is 76.7 Å². The third kappa shape index (κ3) is 6.76. The smallest absolute Gasteiger partial charge is 0.162 e. The van der Waals surface area contributed by atoms with Crippen LogP contribution in [0.4, 0.5) is 8.78 Å². The lowest BCUT2D eigenvalue weighted by atomic mass is 10.1. The third-order valence-corrected chi connectivity index (χ3v) is 5.50. The molecule has 0 N–H and O–H groups in total. The Morgan fingerprint density at radius 2 is 1.63 bits per heavy atom. The topological polar surface area (TPSA) is 20.3 Å². The molecule has 0 unspecified atom stereocenters. The normalized spacial score (nSPS) is 14.4. The van der Waals surface area contributed by atoms with Gasteiger partial charge in [0.15, 0.2) is 5.78 Å². The first-order valence-electron chi connectivity index (χ1n) is 8.74. The number of rotatable bonds is 7. The summed E-state index contributed by atoms with van der Waals surface area (Å²) in [6.45, 7) is 2.71. The van der Waals surface area contributed by atoms with E-state index in [1.807, 2.05) is 0 Å². The minimum atomic E-state index is -0.323. The van der Waals surface area contributed by atoms with Crippen molar-refractivity contribution in [3.8, 4) is 0 Å². The summed E-state index contributed by atoms with van der Waals surface area (Å²) in [5, 5.41) is 0. The van der Waals surface area contributed by atoms with Crippen molar-refractivity contribution in [1.29, 1.82) is 0 Å². The number of nitrogens with zero attached hydrogens (tertiary/aromatic N) is 1. The van der Waals surface area contributed by atoms with Crippen molar-refractivity contribution in [2.24, 2.45) is 0 Å². The zero-order valence-corrected chi connectivity index (χ0v) is 16.5. The molecule has 0 amide bonds. The van der Waals surface area contributed by atoms with Crippen LogP contribution in [0.1, 0.15) is 29.6 Å².